The normalized spacial score (nSPS) is 28.2. The van der Waals surface area contributed by atoms with Crippen molar-refractivity contribution >= 4 is 0 Å². The number of aliphatic hydroxyl groups excluding tert-OH is 2. The summed E-state index contributed by atoms with van der Waals surface area (Å²) in [6, 6.07) is 0. The van der Waals surface area contributed by atoms with Crippen LogP contribution >= 0.6 is 0 Å². The molecule has 7 nitrogen and oxygen atoms in total. The highest BCUT2D eigenvalue weighted by atomic mass is 19.3. The van der Waals surface area contributed by atoms with E-state index in [0.717, 1.165) is 6.20 Å². The molecule has 1 aromatic heterocycles. The Hall–Kier alpha value is -2.02. The van der Waals surface area contributed by atoms with E-state index < -0.39 is 42.2 Å². The fourth-order valence-corrected chi connectivity index (χ4v) is 1.88. The van der Waals surface area contributed by atoms with Crippen LogP contribution in [0.2, 0.25) is 0 Å². The van der Waals surface area contributed by atoms with E-state index in [-0.39, 0.29) is 5.56 Å². The first-order valence-electron chi connectivity index (χ1n) is 5.47. The number of hydrogen-bond acceptors (Lipinski definition) is 5. The molecule has 0 aromatic carbocycles. The van der Waals surface area contributed by atoms with Gasteiger partial charge in [0.2, 0.25) is 6.23 Å². The minimum absolute atomic E-state index is 0.342. The number of alkyl halides is 2. The minimum atomic E-state index is -3.83. The standard InChI is InChI=1S/C11H10F2N2O5/c1-2-5-3-15(10(19)14-8(5)18)9-11(12,13)7(17)6(4-16)20-9/h1,3,6-7,9,16-17H,4H2,(H,14,18,19)/t6-,7-,9-/m1/s1. The van der Waals surface area contributed by atoms with Gasteiger partial charge in [-0.1, -0.05) is 5.92 Å². The third kappa shape index (κ3) is 2.03. The van der Waals surface area contributed by atoms with Gasteiger partial charge in [0.15, 0.2) is 6.10 Å². The summed E-state index contributed by atoms with van der Waals surface area (Å²) >= 11 is 0. The highest BCUT2D eigenvalue weighted by Crippen LogP contribution is 2.41. The Morgan fingerprint density at radius 2 is 2.20 bits per heavy atom. The molecule has 108 valence electrons. The number of nitrogens with zero attached hydrogens (tertiary/aromatic N) is 1. The minimum Gasteiger partial charge on any atom is -0.394 e. The third-order valence-electron chi connectivity index (χ3n) is 2.94. The number of aromatic nitrogens is 2. The van der Waals surface area contributed by atoms with E-state index in [0.29, 0.717) is 4.57 Å². The lowest BCUT2D eigenvalue weighted by atomic mass is 10.1. The maximum atomic E-state index is 13.9. The first-order valence-corrected chi connectivity index (χ1v) is 5.47. The van der Waals surface area contributed by atoms with Crippen LogP contribution in [0.15, 0.2) is 15.8 Å². The highest BCUT2D eigenvalue weighted by molar-refractivity contribution is 5.26. The molecule has 1 aliphatic rings. The van der Waals surface area contributed by atoms with Gasteiger partial charge in [0.05, 0.1) is 6.61 Å². The topological polar surface area (TPSA) is 105 Å². The molecule has 2 rings (SSSR count). The quantitative estimate of drug-likeness (QED) is 0.569. The molecule has 2 heterocycles. The van der Waals surface area contributed by atoms with Crippen LogP contribution in [0.3, 0.4) is 0 Å². The van der Waals surface area contributed by atoms with Crippen LogP contribution in [0.1, 0.15) is 11.8 Å². The number of nitrogens with one attached hydrogen (secondary N) is 1. The van der Waals surface area contributed by atoms with Gasteiger partial charge in [-0.25, -0.2) is 4.79 Å². The fourth-order valence-electron chi connectivity index (χ4n) is 1.88. The van der Waals surface area contributed by atoms with Gasteiger partial charge in [0.25, 0.3) is 5.56 Å². The first kappa shape index (κ1) is 14.4. The summed E-state index contributed by atoms with van der Waals surface area (Å²) in [5, 5.41) is 18.2. The Bertz CT molecular complexity index is 675. The lowest BCUT2D eigenvalue weighted by molar-refractivity contribution is -0.141. The van der Waals surface area contributed by atoms with Gasteiger partial charge in [-0.15, -0.1) is 6.42 Å². The Balaban J connectivity index is 2.55. The highest BCUT2D eigenvalue weighted by Gasteiger charge is 2.59. The summed E-state index contributed by atoms with van der Waals surface area (Å²) in [5.41, 5.74) is -2.40. The number of H-pyrrole nitrogens is 1. The average molecular weight is 288 g/mol. The van der Waals surface area contributed by atoms with Crippen molar-refractivity contribution in [2.75, 3.05) is 6.61 Å². The van der Waals surface area contributed by atoms with Crippen molar-refractivity contribution in [1.82, 2.24) is 9.55 Å². The fraction of sp³-hybridized carbons (Fsp3) is 0.455. The SMILES string of the molecule is C#Cc1cn([C@@H]2O[C@H](CO)[C@@H](O)C2(F)F)c(=O)[nH]c1=O. The van der Waals surface area contributed by atoms with Crippen LogP contribution in [0.4, 0.5) is 8.78 Å². The lowest BCUT2D eigenvalue weighted by Crippen LogP contribution is -2.43. The third-order valence-corrected chi connectivity index (χ3v) is 2.94. The van der Waals surface area contributed by atoms with Gasteiger partial charge in [-0.3, -0.25) is 14.3 Å². The van der Waals surface area contributed by atoms with Crippen LogP contribution in [-0.2, 0) is 4.74 Å². The smallest absolute Gasteiger partial charge is 0.330 e. The molecule has 1 fully saturated rings. The van der Waals surface area contributed by atoms with Crippen LogP contribution in [0.25, 0.3) is 0 Å². The summed E-state index contributed by atoms with van der Waals surface area (Å²) in [7, 11) is 0. The summed E-state index contributed by atoms with van der Waals surface area (Å²) in [6.07, 6.45) is -0.258. The van der Waals surface area contributed by atoms with Crippen molar-refractivity contribution in [2.45, 2.75) is 24.4 Å². The number of aliphatic hydroxyl groups is 2. The average Bonchev–Trinajstić information content (AvgIpc) is 2.62. The Morgan fingerprint density at radius 1 is 1.55 bits per heavy atom. The van der Waals surface area contributed by atoms with Crippen LogP contribution < -0.4 is 11.2 Å². The van der Waals surface area contributed by atoms with Crippen molar-refractivity contribution in [2.24, 2.45) is 0 Å². The second-order valence-electron chi connectivity index (χ2n) is 4.18. The molecule has 0 unspecified atom stereocenters. The van der Waals surface area contributed by atoms with Gasteiger partial charge in [-0.05, 0) is 0 Å². The van der Waals surface area contributed by atoms with Crippen molar-refractivity contribution in [1.29, 1.82) is 0 Å². The maximum absolute atomic E-state index is 13.9. The van der Waals surface area contributed by atoms with Crippen molar-refractivity contribution in [3.8, 4) is 12.3 Å². The maximum Gasteiger partial charge on any atom is 0.330 e. The molecule has 20 heavy (non-hydrogen) atoms. The zero-order chi connectivity index (χ0) is 15.1. The Kier molecular flexibility index (Phi) is 3.47. The molecule has 0 saturated carbocycles. The van der Waals surface area contributed by atoms with Crippen LogP contribution in [-0.4, -0.2) is 44.5 Å². The number of aromatic amines is 1. The molecule has 1 saturated heterocycles. The predicted octanol–water partition coefficient (Wildman–Crippen LogP) is -1.60. The zero-order valence-corrected chi connectivity index (χ0v) is 9.92. The molecule has 0 aliphatic carbocycles. The van der Waals surface area contributed by atoms with Crippen molar-refractivity contribution in [3.05, 3.63) is 32.6 Å². The number of rotatable bonds is 2. The number of ether oxygens (including phenoxy) is 1. The van der Waals surface area contributed by atoms with Gasteiger partial charge in [0, 0.05) is 6.20 Å². The van der Waals surface area contributed by atoms with E-state index in [2.05, 4.69) is 0 Å². The van der Waals surface area contributed by atoms with E-state index in [4.69, 9.17) is 16.3 Å². The molecule has 0 spiro atoms. The van der Waals surface area contributed by atoms with E-state index in [1.165, 1.54) is 0 Å². The van der Waals surface area contributed by atoms with Gasteiger partial charge >= 0.3 is 11.6 Å². The molecule has 3 N–H and O–H groups in total. The Morgan fingerprint density at radius 3 is 2.70 bits per heavy atom. The zero-order valence-electron chi connectivity index (χ0n) is 9.92. The van der Waals surface area contributed by atoms with E-state index in [9.17, 15) is 23.5 Å². The molecular formula is C11H10F2N2O5. The van der Waals surface area contributed by atoms with Crippen LogP contribution in [0, 0.1) is 12.3 Å². The van der Waals surface area contributed by atoms with Gasteiger partial charge in [-0.2, -0.15) is 8.78 Å². The van der Waals surface area contributed by atoms with Crippen LogP contribution in [0.5, 0.6) is 0 Å². The van der Waals surface area contributed by atoms with E-state index >= 15 is 0 Å². The first-order chi connectivity index (χ1) is 9.32. The number of terminal acetylenes is 1. The summed E-state index contributed by atoms with van der Waals surface area (Å²) in [6.45, 7) is -0.854. The Labute approximate surface area is 110 Å². The summed E-state index contributed by atoms with van der Waals surface area (Å²) in [4.78, 5) is 24.6. The predicted molar refractivity (Wildman–Crippen MR) is 61.2 cm³/mol. The molecule has 0 bridgehead atoms. The summed E-state index contributed by atoms with van der Waals surface area (Å²) < 4.78 is 32.9. The molecule has 1 aliphatic heterocycles. The summed E-state index contributed by atoms with van der Waals surface area (Å²) in [5.74, 6) is -1.90. The van der Waals surface area contributed by atoms with Gasteiger partial charge in [0.1, 0.15) is 11.7 Å². The monoisotopic (exact) mass is 288 g/mol. The molecule has 0 amide bonds. The number of halogens is 2. The molecule has 0 radical (unpaired) electrons. The van der Waals surface area contributed by atoms with Crippen molar-refractivity contribution in [3.63, 3.8) is 0 Å². The van der Waals surface area contributed by atoms with Gasteiger partial charge < -0.3 is 14.9 Å². The van der Waals surface area contributed by atoms with E-state index in [1.807, 2.05) is 5.92 Å². The lowest BCUT2D eigenvalue weighted by Gasteiger charge is -2.21. The second kappa shape index (κ2) is 4.82. The molecule has 3 atom stereocenters. The molecule has 1 aromatic rings. The van der Waals surface area contributed by atoms with E-state index in [1.54, 1.807) is 4.98 Å². The molecular weight excluding hydrogens is 278 g/mol. The van der Waals surface area contributed by atoms with Crippen molar-refractivity contribution < 1.29 is 23.7 Å². The molecule has 9 heteroatoms. The number of hydrogen-bond donors (Lipinski definition) is 3. The second-order valence-corrected chi connectivity index (χ2v) is 4.18. The largest absolute Gasteiger partial charge is 0.394 e.